The van der Waals surface area contributed by atoms with Gasteiger partial charge in [-0.2, -0.15) is 0 Å². The molecule has 132 valence electrons. The fourth-order valence-electron chi connectivity index (χ4n) is 3.25. The summed E-state index contributed by atoms with van der Waals surface area (Å²) in [4.78, 5) is 36.6. The number of aromatic amines is 1. The lowest BCUT2D eigenvalue weighted by molar-refractivity contribution is -0.145. The minimum atomic E-state index is -0.885. The Kier molecular flexibility index (Phi) is 4.74. The van der Waals surface area contributed by atoms with Crippen LogP contribution in [-0.4, -0.2) is 34.8 Å². The molecular formula is C18H21N3O4. The third-order valence-corrected chi connectivity index (χ3v) is 4.66. The van der Waals surface area contributed by atoms with Crippen LogP contribution in [0.5, 0.6) is 0 Å². The molecule has 0 spiro atoms. The maximum Gasteiger partial charge on any atom is 0.328 e. The van der Waals surface area contributed by atoms with Crippen LogP contribution in [-0.2, 0) is 40.6 Å². The number of aromatic nitrogens is 2. The second-order valence-corrected chi connectivity index (χ2v) is 6.33. The molecular weight excluding hydrogens is 322 g/mol. The number of methoxy groups -OCH3 is 1. The molecule has 7 nitrogen and oxygen atoms in total. The van der Waals surface area contributed by atoms with E-state index in [2.05, 4.69) is 10.4 Å². The van der Waals surface area contributed by atoms with E-state index >= 15 is 0 Å². The van der Waals surface area contributed by atoms with Crippen molar-refractivity contribution in [3.05, 3.63) is 57.5 Å². The molecule has 1 heterocycles. The Labute approximate surface area is 145 Å². The molecule has 0 aliphatic heterocycles. The predicted octanol–water partition coefficient (Wildman–Crippen LogP) is 0.329. The van der Waals surface area contributed by atoms with Crippen molar-refractivity contribution in [1.82, 2.24) is 15.1 Å². The highest BCUT2D eigenvalue weighted by Crippen LogP contribution is 2.26. The average molecular weight is 343 g/mol. The molecule has 3 rings (SSSR count). The molecule has 0 fully saturated rings. The number of nitrogens with zero attached hydrogens (tertiary/aromatic N) is 1. The monoisotopic (exact) mass is 343 g/mol. The second kappa shape index (κ2) is 6.96. The van der Waals surface area contributed by atoms with Gasteiger partial charge < -0.3 is 15.2 Å². The van der Waals surface area contributed by atoms with Crippen LogP contribution in [0.1, 0.15) is 16.7 Å². The molecule has 1 aromatic carbocycles. The maximum absolute atomic E-state index is 12.6. The maximum atomic E-state index is 12.6. The van der Waals surface area contributed by atoms with E-state index < -0.39 is 12.0 Å². The molecule has 1 aromatic heterocycles. The van der Waals surface area contributed by atoms with Crippen LogP contribution >= 0.6 is 0 Å². The highest BCUT2D eigenvalue weighted by atomic mass is 16.5. The number of nitrogens with one attached hydrogen (secondary N) is 2. The van der Waals surface area contributed by atoms with Gasteiger partial charge in [0.2, 0.25) is 5.91 Å². The first-order valence-electron chi connectivity index (χ1n) is 8.18. The van der Waals surface area contributed by atoms with Crippen LogP contribution in [0.15, 0.2) is 35.3 Å². The van der Waals surface area contributed by atoms with E-state index in [1.807, 2.05) is 24.3 Å². The Morgan fingerprint density at radius 3 is 2.48 bits per heavy atom. The zero-order chi connectivity index (χ0) is 18.0. The number of carbonyl (C=O) groups is 2. The van der Waals surface area contributed by atoms with Crippen molar-refractivity contribution in [3.63, 3.8) is 0 Å². The molecule has 0 unspecified atom stereocenters. The largest absolute Gasteiger partial charge is 0.467 e. The lowest BCUT2D eigenvalue weighted by atomic mass is 10.0. The zero-order valence-electron chi connectivity index (χ0n) is 14.2. The normalized spacial score (nSPS) is 14.8. The first kappa shape index (κ1) is 17.0. The summed E-state index contributed by atoms with van der Waals surface area (Å²) in [7, 11) is 2.86. The summed E-state index contributed by atoms with van der Waals surface area (Å²) in [5, 5.41) is 5.51. The zero-order valence-corrected chi connectivity index (χ0v) is 14.2. The molecule has 7 heteroatoms. The first-order chi connectivity index (χ1) is 12.0. The highest BCUT2D eigenvalue weighted by molar-refractivity contribution is 5.86. The van der Waals surface area contributed by atoms with E-state index in [1.165, 1.54) is 18.0 Å². The summed E-state index contributed by atoms with van der Waals surface area (Å²) in [5.41, 5.74) is 2.53. The molecule has 1 amide bonds. The molecule has 1 aliphatic carbocycles. The van der Waals surface area contributed by atoms with Crippen LogP contribution in [0, 0.1) is 5.92 Å². The third-order valence-electron chi connectivity index (χ3n) is 4.66. The fraction of sp³-hybridized carbons (Fsp3) is 0.389. The van der Waals surface area contributed by atoms with Gasteiger partial charge in [0.25, 0.3) is 5.56 Å². The number of carbonyl (C=O) groups excluding carboxylic acids is 2. The molecule has 1 aliphatic rings. The highest BCUT2D eigenvalue weighted by Gasteiger charge is 2.31. The topological polar surface area (TPSA) is 93.2 Å². The molecule has 2 N–H and O–H groups in total. The quantitative estimate of drug-likeness (QED) is 0.765. The van der Waals surface area contributed by atoms with Gasteiger partial charge in [0.1, 0.15) is 6.04 Å². The Bertz CT molecular complexity index is 827. The molecule has 1 atom stereocenters. The van der Waals surface area contributed by atoms with Crippen LogP contribution in [0.4, 0.5) is 0 Å². The summed E-state index contributed by atoms with van der Waals surface area (Å²) >= 11 is 0. The Balaban J connectivity index is 1.70. The van der Waals surface area contributed by atoms with Crippen molar-refractivity contribution >= 4 is 11.9 Å². The van der Waals surface area contributed by atoms with E-state index in [4.69, 9.17) is 4.74 Å². The van der Waals surface area contributed by atoms with Gasteiger partial charge in [-0.25, -0.2) is 4.79 Å². The van der Waals surface area contributed by atoms with Gasteiger partial charge in [-0.05, 0) is 24.0 Å². The number of hydrogen-bond donors (Lipinski definition) is 2. The van der Waals surface area contributed by atoms with Gasteiger partial charge in [0.15, 0.2) is 0 Å². The Morgan fingerprint density at radius 2 is 1.96 bits per heavy atom. The number of esters is 1. The van der Waals surface area contributed by atoms with Crippen molar-refractivity contribution in [2.45, 2.75) is 25.3 Å². The summed E-state index contributed by atoms with van der Waals surface area (Å²) < 4.78 is 6.10. The van der Waals surface area contributed by atoms with E-state index in [1.54, 1.807) is 7.05 Å². The number of ether oxygens (including phenoxy) is 1. The van der Waals surface area contributed by atoms with E-state index in [9.17, 15) is 14.4 Å². The molecule has 25 heavy (non-hydrogen) atoms. The summed E-state index contributed by atoms with van der Waals surface area (Å²) in [6, 6.07) is 7.06. The molecule has 0 saturated heterocycles. The lowest BCUT2D eigenvalue weighted by Gasteiger charge is -2.18. The predicted molar refractivity (Wildman–Crippen MR) is 91.0 cm³/mol. The minimum absolute atomic E-state index is 0.0915. The number of amides is 1. The molecule has 2 aromatic rings. The van der Waals surface area contributed by atoms with Gasteiger partial charge >= 0.3 is 5.97 Å². The van der Waals surface area contributed by atoms with Gasteiger partial charge in [0, 0.05) is 31.1 Å². The van der Waals surface area contributed by atoms with Crippen LogP contribution < -0.4 is 10.9 Å². The standard InChI is InChI=1S/C18H21N3O4/c1-21-17(23)14(10-19-21)9-15(18(24)25-2)20-16(22)13-7-11-5-3-4-6-12(11)8-13/h3-6,10,13,15,19H,7-9H2,1-2H3,(H,20,22)/t15-/m1/s1. The molecule has 0 radical (unpaired) electrons. The van der Waals surface area contributed by atoms with Gasteiger partial charge in [-0.1, -0.05) is 24.3 Å². The number of fused-ring (bicyclic) bond motifs is 1. The number of rotatable bonds is 5. The van der Waals surface area contributed by atoms with Crippen molar-refractivity contribution in [3.8, 4) is 0 Å². The molecule has 0 saturated carbocycles. The van der Waals surface area contributed by atoms with E-state index in [0.29, 0.717) is 18.4 Å². The smallest absolute Gasteiger partial charge is 0.328 e. The number of aryl methyl sites for hydroxylation is 1. The van der Waals surface area contributed by atoms with Crippen LogP contribution in [0.3, 0.4) is 0 Å². The van der Waals surface area contributed by atoms with E-state index in [0.717, 1.165) is 11.1 Å². The van der Waals surface area contributed by atoms with Gasteiger partial charge in [0.05, 0.1) is 7.11 Å². The molecule has 0 bridgehead atoms. The Morgan fingerprint density at radius 1 is 1.32 bits per heavy atom. The SMILES string of the molecule is COC(=O)[C@@H](Cc1c[nH]n(C)c1=O)NC(=O)C1Cc2ccccc2C1. The number of hydrogen-bond acceptors (Lipinski definition) is 4. The lowest BCUT2D eigenvalue weighted by Crippen LogP contribution is -2.46. The van der Waals surface area contributed by atoms with Crippen molar-refractivity contribution in [2.24, 2.45) is 13.0 Å². The number of benzene rings is 1. The fourth-order valence-corrected chi connectivity index (χ4v) is 3.25. The average Bonchev–Trinajstić information content (AvgIpc) is 3.19. The first-order valence-corrected chi connectivity index (χ1v) is 8.18. The van der Waals surface area contributed by atoms with Crippen molar-refractivity contribution < 1.29 is 14.3 Å². The number of H-pyrrole nitrogens is 1. The van der Waals surface area contributed by atoms with Gasteiger partial charge in [-0.3, -0.25) is 14.3 Å². The summed E-state index contributed by atoms with van der Waals surface area (Å²) in [6.07, 6.45) is 2.94. The Hall–Kier alpha value is -2.83. The van der Waals surface area contributed by atoms with Crippen molar-refractivity contribution in [2.75, 3.05) is 7.11 Å². The summed E-state index contributed by atoms with van der Waals surface area (Å²) in [5.74, 6) is -0.968. The third kappa shape index (κ3) is 3.50. The van der Waals surface area contributed by atoms with Crippen molar-refractivity contribution in [1.29, 1.82) is 0 Å². The van der Waals surface area contributed by atoms with Gasteiger partial charge in [-0.15, -0.1) is 0 Å². The van der Waals surface area contributed by atoms with Crippen LogP contribution in [0.25, 0.3) is 0 Å². The second-order valence-electron chi connectivity index (χ2n) is 6.33. The summed E-state index contributed by atoms with van der Waals surface area (Å²) in [6.45, 7) is 0. The minimum Gasteiger partial charge on any atom is -0.467 e. The van der Waals surface area contributed by atoms with Crippen LogP contribution in [0.2, 0.25) is 0 Å². The van der Waals surface area contributed by atoms with E-state index in [-0.39, 0.29) is 23.8 Å².